The number of benzene rings is 1. The molecule has 1 aromatic rings. The molecule has 1 aromatic carbocycles. The fraction of sp³-hybridized carbons (Fsp3) is 0.538. The molecule has 0 spiro atoms. The Hall–Kier alpha value is -0.970. The van der Waals surface area contributed by atoms with Crippen LogP contribution in [0.1, 0.15) is 25.5 Å². The minimum atomic E-state index is -0.323. The van der Waals surface area contributed by atoms with E-state index in [1.54, 1.807) is 13.2 Å². The maximum absolute atomic E-state index is 13.2. The van der Waals surface area contributed by atoms with Crippen molar-refractivity contribution in [3.8, 4) is 0 Å². The number of halogens is 1. The SMILES string of the molecule is COCC(C)OC(c1cccc(F)c1)C(C)N. The van der Waals surface area contributed by atoms with Crippen molar-refractivity contribution < 1.29 is 13.9 Å². The van der Waals surface area contributed by atoms with E-state index in [1.807, 2.05) is 19.9 Å². The molecule has 0 fully saturated rings. The smallest absolute Gasteiger partial charge is 0.123 e. The molecule has 0 heterocycles. The lowest BCUT2D eigenvalue weighted by Gasteiger charge is -2.25. The topological polar surface area (TPSA) is 44.5 Å². The van der Waals surface area contributed by atoms with Crippen molar-refractivity contribution in [2.45, 2.75) is 32.1 Å². The van der Waals surface area contributed by atoms with Crippen LogP contribution >= 0.6 is 0 Å². The van der Waals surface area contributed by atoms with Crippen molar-refractivity contribution >= 4 is 0 Å². The lowest BCUT2D eigenvalue weighted by atomic mass is 10.0. The summed E-state index contributed by atoms with van der Waals surface area (Å²) in [5.74, 6) is -0.281. The second-order valence-corrected chi connectivity index (χ2v) is 4.24. The van der Waals surface area contributed by atoms with Crippen LogP contribution in [0.5, 0.6) is 0 Å². The summed E-state index contributed by atoms with van der Waals surface area (Å²) in [5, 5.41) is 0. The molecule has 0 aliphatic rings. The van der Waals surface area contributed by atoms with Crippen molar-refractivity contribution in [1.29, 1.82) is 0 Å². The van der Waals surface area contributed by atoms with Crippen molar-refractivity contribution in [3.05, 3.63) is 35.6 Å². The van der Waals surface area contributed by atoms with Crippen molar-refractivity contribution in [2.75, 3.05) is 13.7 Å². The molecule has 0 aromatic heterocycles. The molecule has 0 aliphatic heterocycles. The maximum atomic E-state index is 13.2. The van der Waals surface area contributed by atoms with Crippen LogP contribution in [0.4, 0.5) is 4.39 Å². The van der Waals surface area contributed by atoms with Gasteiger partial charge in [0, 0.05) is 13.2 Å². The summed E-state index contributed by atoms with van der Waals surface area (Å²) in [6, 6.07) is 6.12. The van der Waals surface area contributed by atoms with E-state index in [-0.39, 0.29) is 24.1 Å². The number of nitrogens with two attached hydrogens (primary N) is 1. The molecule has 4 heteroatoms. The van der Waals surface area contributed by atoms with Crippen molar-refractivity contribution in [2.24, 2.45) is 5.73 Å². The fourth-order valence-electron chi connectivity index (χ4n) is 1.71. The highest BCUT2D eigenvalue weighted by atomic mass is 19.1. The van der Waals surface area contributed by atoms with Crippen LogP contribution in [0.15, 0.2) is 24.3 Å². The molecule has 0 aliphatic carbocycles. The van der Waals surface area contributed by atoms with E-state index < -0.39 is 0 Å². The summed E-state index contributed by atoms with van der Waals surface area (Å²) in [6.45, 7) is 4.23. The van der Waals surface area contributed by atoms with Gasteiger partial charge in [0.1, 0.15) is 5.82 Å². The van der Waals surface area contributed by atoms with Crippen LogP contribution in [0, 0.1) is 5.82 Å². The largest absolute Gasteiger partial charge is 0.382 e. The minimum Gasteiger partial charge on any atom is -0.382 e. The number of methoxy groups -OCH3 is 1. The average Bonchev–Trinajstić information content (AvgIpc) is 2.26. The van der Waals surface area contributed by atoms with Gasteiger partial charge in [-0.2, -0.15) is 0 Å². The molecular formula is C13H20FNO2. The fourth-order valence-corrected chi connectivity index (χ4v) is 1.71. The van der Waals surface area contributed by atoms with E-state index in [9.17, 15) is 4.39 Å². The highest BCUT2D eigenvalue weighted by molar-refractivity contribution is 5.20. The van der Waals surface area contributed by atoms with Gasteiger partial charge in [0.2, 0.25) is 0 Å². The molecule has 1 rings (SSSR count). The molecule has 3 nitrogen and oxygen atoms in total. The van der Waals surface area contributed by atoms with Gasteiger partial charge < -0.3 is 15.2 Å². The van der Waals surface area contributed by atoms with Crippen LogP contribution in [-0.2, 0) is 9.47 Å². The standard InChI is InChI=1S/C13H20FNO2/c1-9(8-16-3)17-13(10(2)15)11-5-4-6-12(14)7-11/h4-7,9-10,13H,8,15H2,1-3H3. The summed E-state index contributed by atoms with van der Waals surface area (Å²) in [4.78, 5) is 0. The lowest BCUT2D eigenvalue weighted by Crippen LogP contribution is -2.31. The van der Waals surface area contributed by atoms with E-state index in [2.05, 4.69) is 0 Å². The van der Waals surface area contributed by atoms with Crippen LogP contribution in [0.3, 0.4) is 0 Å². The van der Waals surface area contributed by atoms with Gasteiger partial charge >= 0.3 is 0 Å². The van der Waals surface area contributed by atoms with Gasteiger partial charge in [-0.1, -0.05) is 12.1 Å². The predicted molar refractivity (Wildman–Crippen MR) is 65.2 cm³/mol. The minimum absolute atomic E-state index is 0.0840. The summed E-state index contributed by atoms with van der Waals surface area (Å²) in [6.07, 6.45) is -0.407. The van der Waals surface area contributed by atoms with Gasteiger partial charge in [-0.05, 0) is 31.5 Å². The van der Waals surface area contributed by atoms with Gasteiger partial charge in [0.15, 0.2) is 0 Å². The Balaban J connectivity index is 2.79. The van der Waals surface area contributed by atoms with Gasteiger partial charge in [-0.3, -0.25) is 0 Å². The first-order chi connectivity index (χ1) is 8.04. The predicted octanol–water partition coefficient (Wildman–Crippen LogP) is 2.27. The Morgan fingerprint density at radius 3 is 2.59 bits per heavy atom. The highest BCUT2D eigenvalue weighted by Gasteiger charge is 2.20. The van der Waals surface area contributed by atoms with Crippen LogP contribution in [0.25, 0.3) is 0 Å². The van der Waals surface area contributed by atoms with Crippen molar-refractivity contribution in [3.63, 3.8) is 0 Å². The molecule has 0 bridgehead atoms. The maximum Gasteiger partial charge on any atom is 0.123 e. The van der Waals surface area contributed by atoms with Crippen LogP contribution in [-0.4, -0.2) is 25.9 Å². The molecule has 17 heavy (non-hydrogen) atoms. The quantitative estimate of drug-likeness (QED) is 0.831. The third-order valence-electron chi connectivity index (χ3n) is 2.44. The summed E-state index contributed by atoms with van der Waals surface area (Å²) in [5.41, 5.74) is 6.63. The zero-order valence-corrected chi connectivity index (χ0v) is 10.5. The molecule has 3 unspecified atom stereocenters. The Kier molecular flexibility index (Phi) is 5.55. The zero-order valence-electron chi connectivity index (χ0n) is 10.5. The monoisotopic (exact) mass is 241 g/mol. The number of ether oxygens (including phenoxy) is 2. The highest BCUT2D eigenvalue weighted by Crippen LogP contribution is 2.22. The summed E-state index contributed by atoms with van der Waals surface area (Å²) >= 11 is 0. The molecule has 0 amide bonds. The molecule has 3 atom stereocenters. The number of hydrogen-bond donors (Lipinski definition) is 1. The van der Waals surface area contributed by atoms with Gasteiger partial charge in [0.05, 0.1) is 18.8 Å². The molecule has 2 N–H and O–H groups in total. The van der Waals surface area contributed by atoms with E-state index in [4.69, 9.17) is 15.2 Å². The Labute approximate surface area is 102 Å². The third-order valence-corrected chi connectivity index (χ3v) is 2.44. The Morgan fingerprint density at radius 1 is 1.35 bits per heavy atom. The molecule has 96 valence electrons. The van der Waals surface area contributed by atoms with Gasteiger partial charge in [0.25, 0.3) is 0 Å². The van der Waals surface area contributed by atoms with Gasteiger partial charge in [-0.15, -0.1) is 0 Å². The lowest BCUT2D eigenvalue weighted by molar-refractivity contribution is -0.0482. The van der Waals surface area contributed by atoms with E-state index in [1.165, 1.54) is 12.1 Å². The summed E-state index contributed by atoms with van der Waals surface area (Å²) in [7, 11) is 1.61. The van der Waals surface area contributed by atoms with Crippen LogP contribution < -0.4 is 5.73 Å². The molecule has 0 saturated heterocycles. The number of rotatable bonds is 6. The molecule has 0 radical (unpaired) electrons. The van der Waals surface area contributed by atoms with Crippen molar-refractivity contribution in [1.82, 2.24) is 0 Å². The second kappa shape index (κ2) is 6.69. The first-order valence-corrected chi connectivity index (χ1v) is 5.70. The van der Waals surface area contributed by atoms with E-state index >= 15 is 0 Å². The molecule has 0 saturated carbocycles. The first-order valence-electron chi connectivity index (χ1n) is 5.70. The third kappa shape index (κ3) is 4.42. The molecular weight excluding hydrogens is 221 g/mol. The normalized spacial score (nSPS) is 16.5. The Morgan fingerprint density at radius 2 is 2.06 bits per heavy atom. The number of hydrogen-bond acceptors (Lipinski definition) is 3. The zero-order chi connectivity index (χ0) is 12.8. The Bertz CT molecular complexity index is 344. The summed E-state index contributed by atoms with van der Waals surface area (Å²) < 4.78 is 23.9. The van der Waals surface area contributed by atoms with Crippen LogP contribution in [0.2, 0.25) is 0 Å². The second-order valence-electron chi connectivity index (χ2n) is 4.24. The average molecular weight is 241 g/mol. The van der Waals surface area contributed by atoms with E-state index in [0.717, 1.165) is 5.56 Å². The van der Waals surface area contributed by atoms with E-state index in [0.29, 0.717) is 6.61 Å². The first kappa shape index (κ1) is 14.1. The van der Waals surface area contributed by atoms with Gasteiger partial charge in [-0.25, -0.2) is 4.39 Å².